The summed E-state index contributed by atoms with van der Waals surface area (Å²) in [5, 5.41) is 0. The van der Waals surface area contributed by atoms with Crippen LogP contribution in [0.3, 0.4) is 0 Å². The zero-order valence-electron chi connectivity index (χ0n) is 8.83. The Balaban J connectivity index is 3.04. The number of methoxy groups -OCH3 is 1. The van der Waals surface area contributed by atoms with Crippen LogP contribution in [0.5, 0.6) is 5.75 Å². The number of ether oxygens (including phenoxy) is 1. The van der Waals surface area contributed by atoms with Gasteiger partial charge in [0, 0.05) is 11.6 Å². The molecular formula is C10H13BrClNO2S. The Labute approximate surface area is 109 Å². The molecule has 0 heterocycles. The second-order valence-corrected chi connectivity index (χ2v) is 6.68. The number of hydrogen-bond acceptors (Lipinski definition) is 3. The van der Waals surface area contributed by atoms with E-state index >= 15 is 0 Å². The van der Waals surface area contributed by atoms with Crippen LogP contribution in [-0.4, -0.2) is 23.0 Å². The zero-order valence-corrected chi connectivity index (χ0v) is 12.0. The van der Waals surface area contributed by atoms with Crippen LogP contribution in [0.4, 0.5) is 0 Å². The van der Waals surface area contributed by atoms with Crippen LogP contribution in [-0.2, 0) is 9.73 Å². The van der Waals surface area contributed by atoms with Crippen LogP contribution in [0.15, 0.2) is 27.6 Å². The smallest absolute Gasteiger partial charge is 0.134 e. The number of benzene rings is 1. The number of nitrogens with one attached hydrogen (secondary N) is 1. The van der Waals surface area contributed by atoms with E-state index in [2.05, 4.69) is 15.9 Å². The van der Waals surface area contributed by atoms with Gasteiger partial charge in [-0.15, -0.1) is 11.6 Å². The van der Waals surface area contributed by atoms with E-state index < -0.39 is 9.73 Å². The predicted octanol–water partition coefficient (Wildman–Crippen LogP) is 3.49. The summed E-state index contributed by atoms with van der Waals surface area (Å²) in [5.41, 5.74) is 0. The van der Waals surface area contributed by atoms with Crippen molar-refractivity contribution < 1.29 is 8.95 Å². The van der Waals surface area contributed by atoms with Gasteiger partial charge in [-0.2, -0.15) is 0 Å². The maximum Gasteiger partial charge on any atom is 0.134 e. The van der Waals surface area contributed by atoms with Crippen LogP contribution in [0, 0.1) is 4.78 Å². The summed E-state index contributed by atoms with van der Waals surface area (Å²) < 4.78 is 25.8. The SMILES string of the molecule is COc1cc(S(=N)(=O)CCCCl)ccc1Br. The molecule has 0 saturated carbocycles. The Morgan fingerprint density at radius 2 is 2.25 bits per heavy atom. The molecule has 0 saturated heterocycles. The van der Waals surface area contributed by atoms with Crippen molar-refractivity contribution in [2.75, 3.05) is 18.7 Å². The first-order valence-electron chi connectivity index (χ1n) is 4.67. The van der Waals surface area contributed by atoms with Crippen molar-refractivity contribution in [3.05, 3.63) is 22.7 Å². The normalized spacial score (nSPS) is 14.4. The number of halogens is 2. The molecule has 1 atom stereocenters. The Kier molecular flexibility index (Phi) is 5.08. The maximum absolute atomic E-state index is 12.1. The van der Waals surface area contributed by atoms with Crippen molar-refractivity contribution in [2.24, 2.45) is 0 Å². The van der Waals surface area contributed by atoms with Gasteiger partial charge in [0.15, 0.2) is 0 Å². The topological polar surface area (TPSA) is 50.1 Å². The Bertz CT molecular complexity index is 462. The molecule has 1 aromatic carbocycles. The molecule has 0 aromatic heterocycles. The van der Waals surface area contributed by atoms with E-state index in [9.17, 15) is 4.21 Å². The van der Waals surface area contributed by atoms with Gasteiger partial charge in [0.25, 0.3) is 0 Å². The lowest BCUT2D eigenvalue weighted by Crippen LogP contribution is -2.05. The molecule has 1 unspecified atom stereocenters. The molecule has 0 amide bonds. The fourth-order valence-electron chi connectivity index (χ4n) is 1.22. The second kappa shape index (κ2) is 5.89. The van der Waals surface area contributed by atoms with Gasteiger partial charge in [0.05, 0.1) is 26.2 Å². The lowest BCUT2D eigenvalue weighted by atomic mass is 10.3. The van der Waals surface area contributed by atoms with E-state index in [1.165, 1.54) is 7.11 Å². The van der Waals surface area contributed by atoms with E-state index in [0.29, 0.717) is 22.9 Å². The number of hydrogen-bond donors (Lipinski definition) is 1. The van der Waals surface area contributed by atoms with Gasteiger partial charge in [0.2, 0.25) is 0 Å². The van der Waals surface area contributed by atoms with Gasteiger partial charge >= 0.3 is 0 Å². The van der Waals surface area contributed by atoms with E-state index in [-0.39, 0.29) is 5.75 Å². The summed E-state index contributed by atoms with van der Waals surface area (Å²) in [5.74, 6) is 1.29. The Morgan fingerprint density at radius 3 is 2.81 bits per heavy atom. The highest BCUT2D eigenvalue weighted by Crippen LogP contribution is 2.28. The third-order valence-corrected chi connectivity index (χ3v) is 4.87. The minimum Gasteiger partial charge on any atom is -0.496 e. The highest BCUT2D eigenvalue weighted by Gasteiger charge is 2.12. The zero-order chi connectivity index (χ0) is 12.2. The van der Waals surface area contributed by atoms with Crippen molar-refractivity contribution >= 4 is 37.3 Å². The van der Waals surface area contributed by atoms with Crippen molar-refractivity contribution in [3.63, 3.8) is 0 Å². The lowest BCUT2D eigenvalue weighted by Gasteiger charge is -2.09. The van der Waals surface area contributed by atoms with E-state index in [4.69, 9.17) is 21.1 Å². The summed E-state index contributed by atoms with van der Waals surface area (Å²) in [4.78, 5) is 0.484. The molecule has 0 fully saturated rings. The molecule has 16 heavy (non-hydrogen) atoms. The largest absolute Gasteiger partial charge is 0.496 e. The minimum atomic E-state index is -2.76. The summed E-state index contributed by atoms with van der Waals surface area (Å²) in [6, 6.07) is 5.05. The third-order valence-electron chi connectivity index (χ3n) is 2.07. The molecular weight excluding hydrogens is 314 g/mol. The van der Waals surface area contributed by atoms with Gasteiger partial charge < -0.3 is 4.74 Å². The molecule has 1 N–H and O–H groups in total. The molecule has 0 radical (unpaired) electrons. The molecule has 6 heteroatoms. The van der Waals surface area contributed by atoms with E-state index in [0.717, 1.165) is 4.47 Å². The Morgan fingerprint density at radius 1 is 1.56 bits per heavy atom. The van der Waals surface area contributed by atoms with Gasteiger partial charge in [-0.1, -0.05) is 0 Å². The molecule has 0 spiro atoms. The Hall–Kier alpha value is -0.260. The van der Waals surface area contributed by atoms with Gasteiger partial charge in [-0.05, 0) is 40.5 Å². The molecule has 0 aliphatic rings. The molecule has 0 bridgehead atoms. The maximum atomic E-state index is 12.1. The molecule has 0 aliphatic carbocycles. The van der Waals surface area contributed by atoms with Crippen LogP contribution >= 0.6 is 27.5 Å². The first-order valence-corrected chi connectivity index (χ1v) is 7.72. The van der Waals surface area contributed by atoms with Gasteiger partial charge in [0.1, 0.15) is 5.75 Å². The summed E-state index contributed by atoms with van der Waals surface area (Å²) in [6.45, 7) is 0. The van der Waals surface area contributed by atoms with Crippen molar-refractivity contribution in [3.8, 4) is 5.75 Å². The van der Waals surface area contributed by atoms with Crippen LogP contribution < -0.4 is 4.74 Å². The second-order valence-electron chi connectivity index (χ2n) is 3.22. The minimum absolute atomic E-state index is 0.279. The lowest BCUT2D eigenvalue weighted by molar-refractivity contribution is 0.411. The first kappa shape index (κ1) is 13.8. The predicted molar refractivity (Wildman–Crippen MR) is 70.0 cm³/mol. The first-order chi connectivity index (χ1) is 7.51. The highest BCUT2D eigenvalue weighted by molar-refractivity contribution is 9.10. The molecule has 0 aliphatic heterocycles. The fourth-order valence-corrected chi connectivity index (χ4v) is 3.29. The standard InChI is InChI=1S/C10H13BrClNO2S/c1-15-10-7-8(3-4-9(10)11)16(13,14)6-2-5-12/h3-4,7,13H,2,5-6H2,1H3. The highest BCUT2D eigenvalue weighted by atomic mass is 79.9. The molecule has 1 rings (SSSR count). The van der Waals surface area contributed by atoms with Crippen molar-refractivity contribution in [1.29, 1.82) is 4.78 Å². The molecule has 3 nitrogen and oxygen atoms in total. The number of rotatable bonds is 5. The van der Waals surface area contributed by atoms with E-state index in [1.54, 1.807) is 18.2 Å². The van der Waals surface area contributed by atoms with Crippen LogP contribution in [0.25, 0.3) is 0 Å². The third kappa shape index (κ3) is 3.37. The quantitative estimate of drug-likeness (QED) is 0.842. The molecule has 1 aromatic rings. The molecule has 90 valence electrons. The van der Waals surface area contributed by atoms with Gasteiger partial charge in [-0.3, -0.25) is 0 Å². The van der Waals surface area contributed by atoms with Gasteiger partial charge in [-0.25, -0.2) is 8.99 Å². The van der Waals surface area contributed by atoms with Crippen molar-refractivity contribution in [1.82, 2.24) is 0 Å². The average Bonchev–Trinajstić information content (AvgIpc) is 2.27. The summed E-state index contributed by atoms with van der Waals surface area (Å²) in [7, 11) is -1.22. The average molecular weight is 327 g/mol. The number of alkyl halides is 1. The van der Waals surface area contributed by atoms with Crippen molar-refractivity contribution in [2.45, 2.75) is 11.3 Å². The van der Waals surface area contributed by atoms with Crippen LogP contribution in [0.1, 0.15) is 6.42 Å². The summed E-state index contributed by atoms with van der Waals surface area (Å²) >= 11 is 8.85. The van der Waals surface area contributed by atoms with Crippen LogP contribution in [0.2, 0.25) is 0 Å². The van der Waals surface area contributed by atoms with E-state index in [1.807, 2.05) is 0 Å². The summed E-state index contributed by atoms with van der Waals surface area (Å²) in [6.07, 6.45) is 0.572. The monoisotopic (exact) mass is 325 g/mol. The fraction of sp³-hybridized carbons (Fsp3) is 0.400.